The first-order valence-electron chi connectivity index (χ1n) is 27.7. The fourth-order valence-electron chi connectivity index (χ4n) is 11.2. The Morgan fingerprint density at radius 2 is 1.49 bits per heavy atom. The Hall–Kier alpha value is -5.17. The van der Waals surface area contributed by atoms with Crippen LogP contribution in [0.3, 0.4) is 0 Å². The second-order valence-electron chi connectivity index (χ2n) is 20.9. The summed E-state index contributed by atoms with van der Waals surface area (Å²) < 4.78 is 31.3. The van der Waals surface area contributed by atoms with Crippen LogP contribution in [0, 0.1) is 11.8 Å². The summed E-state index contributed by atoms with van der Waals surface area (Å²) in [5.41, 5.74) is 4.28. The van der Waals surface area contributed by atoms with Crippen molar-refractivity contribution in [3.05, 3.63) is 84.2 Å². The highest BCUT2D eigenvalue weighted by Crippen LogP contribution is 2.35. The minimum atomic E-state index is -0.433. The Labute approximate surface area is 439 Å². The molecule has 4 aromatic rings. The van der Waals surface area contributed by atoms with Crippen LogP contribution in [0.1, 0.15) is 88.7 Å². The lowest BCUT2D eigenvalue weighted by Crippen LogP contribution is -2.58. The molecule has 4 fully saturated rings. The van der Waals surface area contributed by atoms with Gasteiger partial charge in [-0.05, 0) is 119 Å². The predicted molar refractivity (Wildman–Crippen MR) is 289 cm³/mol. The molecular formula is C57H84N10O7. The summed E-state index contributed by atoms with van der Waals surface area (Å²) in [4.78, 5) is 43.4. The lowest BCUT2D eigenvalue weighted by atomic mass is 9.83. The number of benzene rings is 2. The molecule has 3 N–H and O–H groups in total. The minimum Gasteiger partial charge on any atom is -0.491 e. The third kappa shape index (κ3) is 15.9. The molecule has 2 aromatic carbocycles. The molecule has 4 aliphatic rings. The van der Waals surface area contributed by atoms with Crippen LogP contribution in [0.25, 0.3) is 11.3 Å². The number of ether oxygens (including phenoxy) is 5. The van der Waals surface area contributed by atoms with Crippen molar-refractivity contribution < 1.29 is 33.3 Å². The van der Waals surface area contributed by atoms with Gasteiger partial charge in [0.25, 0.3) is 0 Å². The number of aromatic nitrogens is 4. The Balaban J connectivity index is 0.629. The van der Waals surface area contributed by atoms with Crippen LogP contribution in [0.15, 0.2) is 73.1 Å². The van der Waals surface area contributed by atoms with E-state index in [2.05, 4.69) is 72.0 Å². The zero-order valence-corrected chi connectivity index (χ0v) is 44.6. The van der Waals surface area contributed by atoms with Crippen molar-refractivity contribution in [3.63, 3.8) is 0 Å². The van der Waals surface area contributed by atoms with E-state index in [4.69, 9.17) is 33.8 Å². The first-order valence-corrected chi connectivity index (χ1v) is 27.7. The quantitative estimate of drug-likeness (QED) is 0.0530. The van der Waals surface area contributed by atoms with Crippen molar-refractivity contribution in [2.24, 2.45) is 11.8 Å². The normalized spacial score (nSPS) is 21.2. The van der Waals surface area contributed by atoms with Crippen LogP contribution in [0.4, 0.5) is 11.8 Å². The molecule has 2 aliphatic heterocycles. The Morgan fingerprint density at radius 3 is 2.20 bits per heavy atom. The number of carbonyl (C=O) groups is 2. The highest BCUT2D eigenvalue weighted by molar-refractivity contribution is 5.90. The number of nitrogens with zero attached hydrogens (tertiary/aromatic N) is 7. The Morgan fingerprint density at radius 1 is 0.784 bits per heavy atom. The van der Waals surface area contributed by atoms with E-state index in [1.54, 1.807) is 7.05 Å². The number of hydrogen-bond acceptors (Lipinski definition) is 14. The average molecular weight is 1020 g/mol. The average Bonchev–Trinajstić information content (AvgIpc) is 4.06. The zero-order chi connectivity index (χ0) is 51.5. The molecule has 2 saturated carbocycles. The lowest BCUT2D eigenvalue weighted by Gasteiger charge is -2.41. The molecule has 2 aliphatic carbocycles. The molecule has 17 heteroatoms. The van der Waals surface area contributed by atoms with Crippen LogP contribution >= 0.6 is 0 Å². The van der Waals surface area contributed by atoms with E-state index in [-0.39, 0.29) is 35.9 Å². The highest BCUT2D eigenvalue weighted by atomic mass is 16.6. The largest absolute Gasteiger partial charge is 0.491 e. The zero-order valence-electron chi connectivity index (χ0n) is 44.6. The highest BCUT2D eigenvalue weighted by Gasteiger charge is 2.44. The van der Waals surface area contributed by atoms with Crippen LogP contribution in [-0.4, -0.2) is 172 Å². The summed E-state index contributed by atoms with van der Waals surface area (Å²) in [5.74, 6) is 3.26. The van der Waals surface area contributed by atoms with Gasteiger partial charge in [-0.2, -0.15) is 5.10 Å². The van der Waals surface area contributed by atoms with E-state index in [1.165, 1.54) is 17.5 Å². The van der Waals surface area contributed by atoms with Gasteiger partial charge in [0.2, 0.25) is 17.8 Å². The maximum absolute atomic E-state index is 14.2. The molecule has 4 heterocycles. The third-order valence-corrected chi connectivity index (χ3v) is 15.6. The molecular weight excluding hydrogens is 937 g/mol. The summed E-state index contributed by atoms with van der Waals surface area (Å²) in [6, 6.07) is 20.4. The summed E-state index contributed by atoms with van der Waals surface area (Å²) >= 11 is 0. The monoisotopic (exact) mass is 1020 g/mol. The van der Waals surface area contributed by atoms with E-state index in [0.29, 0.717) is 77.3 Å². The topological polar surface area (TPSA) is 170 Å². The molecule has 404 valence electrons. The van der Waals surface area contributed by atoms with Crippen LogP contribution in [0.2, 0.25) is 0 Å². The van der Waals surface area contributed by atoms with Crippen molar-refractivity contribution in [1.82, 2.24) is 40.2 Å². The standard InChI is InChI=1S/C57H84N10O7/c1-42(58-2)54(68)63-53(46-13-9-6-10-14-46)56(69)66-30-26-45-25-29-65(41-52(45)66)28-24-43-15-19-48(20-16-43)73-37-35-71-33-31-70-32-34-72-36-38-74-49-21-17-47(18-22-49)61-57-59-27-23-51(62-57)50-39-60-67(55(50)64(3)4)40-44-11-7-5-8-12-44/h5,7-8,11-12,15-16,19-20,23,27,39,42,45-47,49,52-53,58H,6,9-10,13-14,17-18,21-22,24-26,28-38,40-41H2,1-4H3,(H,63,68)(H,59,61,62)/t42-,45?,47?,49?,52?,53-/m0/s1. The first-order chi connectivity index (χ1) is 36.2. The number of nitrogens with one attached hydrogen (secondary N) is 3. The van der Waals surface area contributed by atoms with Gasteiger partial charge in [-0.25, -0.2) is 14.6 Å². The lowest BCUT2D eigenvalue weighted by molar-refractivity contribution is -0.140. The number of rotatable bonds is 28. The van der Waals surface area contributed by atoms with Gasteiger partial charge in [-0.15, -0.1) is 0 Å². The molecule has 2 amide bonds. The van der Waals surface area contributed by atoms with E-state index in [1.807, 2.05) is 62.4 Å². The van der Waals surface area contributed by atoms with Crippen molar-refractivity contribution in [1.29, 1.82) is 0 Å². The van der Waals surface area contributed by atoms with Gasteiger partial charge in [-0.1, -0.05) is 61.7 Å². The summed E-state index contributed by atoms with van der Waals surface area (Å²) in [7, 11) is 5.86. The molecule has 2 saturated heterocycles. The van der Waals surface area contributed by atoms with Crippen LogP contribution in [-0.2, 0) is 41.5 Å². The van der Waals surface area contributed by atoms with Gasteiger partial charge in [0, 0.05) is 52.0 Å². The molecule has 74 heavy (non-hydrogen) atoms. The molecule has 2 aromatic heterocycles. The van der Waals surface area contributed by atoms with E-state index >= 15 is 0 Å². The predicted octanol–water partition coefficient (Wildman–Crippen LogP) is 6.46. The van der Waals surface area contributed by atoms with Gasteiger partial charge in [0.05, 0.1) is 82.4 Å². The molecule has 0 bridgehead atoms. The maximum Gasteiger partial charge on any atom is 0.245 e. The third-order valence-electron chi connectivity index (χ3n) is 15.6. The van der Waals surface area contributed by atoms with Crippen molar-refractivity contribution in [2.45, 2.75) is 121 Å². The van der Waals surface area contributed by atoms with Crippen LogP contribution < -0.4 is 25.6 Å². The molecule has 17 nitrogen and oxygen atoms in total. The summed E-state index contributed by atoms with van der Waals surface area (Å²) in [5, 5.41) is 14.5. The van der Waals surface area contributed by atoms with Crippen molar-refractivity contribution in [2.75, 3.05) is 110 Å². The number of carbonyl (C=O) groups excluding carboxylic acids is 2. The van der Waals surface area contributed by atoms with Gasteiger partial charge in [0.15, 0.2) is 0 Å². The van der Waals surface area contributed by atoms with E-state index in [9.17, 15) is 9.59 Å². The summed E-state index contributed by atoms with van der Waals surface area (Å²) in [6.45, 7) is 10.3. The van der Waals surface area contributed by atoms with Crippen LogP contribution in [0.5, 0.6) is 5.75 Å². The SMILES string of the molecule is CN[C@@H](C)C(=O)N[C@H](C(=O)N1CCC2CCN(CCc3ccc(OCCOCCOCCOCCOC4CCC(Nc5nccc(-c6cnn(Cc7ccccc7)c6N(C)C)n5)CC4)cc3)CC21)C1CCCCC1. The Bertz CT molecular complexity index is 2290. The number of amides is 2. The number of likely N-dealkylation sites (tertiary alicyclic amines) is 2. The molecule has 4 atom stereocenters. The Kier molecular flexibility index (Phi) is 21.3. The smallest absolute Gasteiger partial charge is 0.245 e. The minimum absolute atomic E-state index is 0.0882. The van der Waals surface area contributed by atoms with Gasteiger partial charge in [0.1, 0.15) is 24.2 Å². The first kappa shape index (κ1) is 55.1. The van der Waals surface area contributed by atoms with E-state index in [0.717, 1.165) is 120 Å². The van der Waals surface area contributed by atoms with Crippen molar-refractivity contribution >= 4 is 23.6 Å². The molecule has 0 radical (unpaired) electrons. The number of fused-ring (bicyclic) bond motifs is 1. The number of hydrogen-bond donors (Lipinski definition) is 3. The van der Waals surface area contributed by atoms with E-state index < -0.39 is 6.04 Å². The maximum atomic E-state index is 14.2. The van der Waals surface area contributed by atoms with Gasteiger partial charge < -0.3 is 54.3 Å². The second-order valence-corrected chi connectivity index (χ2v) is 20.9. The molecule has 2 unspecified atom stereocenters. The second kappa shape index (κ2) is 28.7. The van der Waals surface area contributed by atoms with Gasteiger partial charge >= 0.3 is 0 Å². The summed E-state index contributed by atoms with van der Waals surface area (Å²) in [6.07, 6.45) is 16.4. The molecule has 8 rings (SSSR count). The fraction of sp³-hybridized carbons (Fsp3) is 0.632. The fourth-order valence-corrected chi connectivity index (χ4v) is 11.2. The van der Waals surface area contributed by atoms with Gasteiger partial charge in [-0.3, -0.25) is 9.59 Å². The number of likely N-dealkylation sites (N-methyl/N-ethyl adjacent to an activating group) is 1. The van der Waals surface area contributed by atoms with Crippen molar-refractivity contribution in [3.8, 4) is 17.0 Å². The number of anilines is 2. The number of piperidine rings is 1. The molecule has 0 spiro atoms.